The Hall–Kier alpha value is -2.24. The third-order valence-electron chi connectivity index (χ3n) is 3.65. The number of rotatable bonds is 3. The fourth-order valence-electron chi connectivity index (χ4n) is 2.38. The van der Waals surface area contributed by atoms with Crippen LogP contribution in [-0.4, -0.2) is 62.0 Å². The van der Waals surface area contributed by atoms with Gasteiger partial charge in [-0.25, -0.2) is 0 Å². The zero-order valence-electron chi connectivity index (χ0n) is 12.6. The molecule has 0 N–H and O–H groups in total. The number of methoxy groups -OCH3 is 2. The minimum absolute atomic E-state index is 0.0426. The second kappa shape index (κ2) is 6.47. The Balaban J connectivity index is 2.15. The third-order valence-corrected chi connectivity index (χ3v) is 3.65. The lowest BCUT2D eigenvalue weighted by Crippen LogP contribution is -2.50. The highest BCUT2D eigenvalue weighted by atomic mass is 16.5. The van der Waals surface area contributed by atoms with Crippen LogP contribution in [0.15, 0.2) is 18.2 Å². The molecule has 1 heterocycles. The molecule has 1 aliphatic rings. The molecule has 114 valence electrons. The average molecular weight is 292 g/mol. The molecule has 0 bridgehead atoms. The number of benzene rings is 1. The smallest absolute Gasteiger partial charge is 0.257 e. The molecule has 21 heavy (non-hydrogen) atoms. The van der Waals surface area contributed by atoms with Gasteiger partial charge in [-0.1, -0.05) is 0 Å². The number of nitrogens with zero attached hydrogens (tertiary/aromatic N) is 2. The normalized spacial score (nSPS) is 14.8. The first-order valence-electron chi connectivity index (χ1n) is 6.83. The monoisotopic (exact) mass is 292 g/mol. The summed E-state index contributed by atoms with van der Waals surface area (Å²) in [6, 6.07) is 5.15. The Morgan fingerprint density at radius 3 is 2.14 bits per heavy atom. The molecule has 2 rings (SSSR count). The van der Waals surface area contributed by atoms with Crippen molar-refractivity contribution in [2.45, 2.75) is 6.92 Å². The predicted molar refractivity (Wildman–Crippen MR) is 77.7 cm³/mol. The average Bonchev–Trinajstić information content (AvgIpc) is 2.53. The van der Waals surface area contributed by atoms with Gasteiger partial charge in [0.1, 0.15) is 11.5 Å². The van der Waals surface area contributed by atoms with E-state index in [9.17, 15) is 9.59 Å². The van der Waals surface area contributed by atoms with E-state index in [0.29, 0.717) is 43.2 Å². The first kappa shape index (κ1) is 15.2. The molecule has 1 aromatic carbocycles. The van der Waals surface area contributed by atoms with E-state index in [0.717, 1.165) is 0 Å². The maximum absolute atomic E-state index is 12.6. The topological polar surface area (TPSA) is 59.1 Å². The van der Waals surface area contributed by atoms with Gasteiger partial charge in [-0.05, 0) is 18.2 Å². The van der Waals surface area contributed by atoms with E-state index in [1.54, 1.807) is 42.0 Å². The van der Waals surface area contributed by atoms with Crippen molar-refractivity contribution in [1.29, 1.82) is 0 Å². The fourth-order valence-corrected chi connectivity index (χ4v) is 2.38. The van der Waals surface area contributed by atoms with Crippen molar-refractivity contribution >= 4 is 11.8 Å². The lowest BCUT2D eigenvalue weighted by atomic mass is 10.1. The minimum Gasteiger partial charge on any atom is -0.497 e. The molecule has 2 amide bonds. The predicted octanol–water partition coefficient (Wildman–Crippen LogP) is 1.01. The Morgan fingerprint density at radius 2 is 1.62 bits per heavy atom. The molecular formula is C15H20N2O4. The summed E-state index contributed by atoms with van der Waals surface area (Å²) >= 11 is 0. The van der Waals surface area contributed by atoms with E-state index in [1.807, 2.05) is 0 Å². The molecule has 0 aliphatic carbocycles. The van der Waals surface area contributed by atoms with Gasteiger partial charge in [0.25, 0.3) is 5.91 Å². The molecular weight excluding hydrogens is 272 g/mol. The first-order valence-corrected chi connectivity index (χ1v) is 6.83. The van der Waals surface area contributed by atoms with Crippen molar-refractivity contribution in [2.75, 3.05) is 40.4 Å². The zero-order chi connectivity index (χ0) is 15.4. The van der Waals surface area contributed by atoms with Crippen LogP contribution in [0.1, 0.15) is 17.3 Å². The summed E-state index contributed by atoms with van der Waals surface area (Å²) < 4.78 is 10.4. The number of carbonyl (C=O) groups excluding carboxylic acids is 2. The summed E-state index contributed by atoms with van der Waals surface area (Å²) in [6.45, 7) is 3.72. The van der Waals surface area contributed by atoms with Gasteiger partial charge in [0.2, 0.25) is 5.91 Å². The summed E-state index contributed by atoms with van der Waals surface area (Å²) in [5.74, 6) is 1.08. The Bertz CT molecular complexity index is 536. The highest BCUT2D eigenvalue weighted by Gasteiger charge is 2.25. The molecule has 1 fully saturated rings. The zero-order valence-corrected chi connectivity index (χ0v) is 12.6. The van der Waals surface area contributed by atoms with E-state index in [4.69, 9.17) is 9.47 Å². The second-order valence-corrected chi connectivity index (χ2v) is 4.86. The van der Waals surface area contributed by atoms with Crippen molar-refractivity contribution in [3.63, 3.8) is 0 Å². The number of ether oxygens (including phenoxy) is 2. The van der Waals surface area contributed by atoms with Crippen LogP contribution in [0.5, 0.6) is 11.5 Å². The van der Waals surface area contributed by atoms with Crippen molar-refractivity contribution in [3.8, 4) is 11.5 Å². The van der Waals surface area contributed by atoms with Gasteiger partial charge in [-0.3, -0.25) is 9.59 Å². The molecule has 0 unspecified atom stereocenters. The van der Waals surface area contributed by atoms with Crippen LogP contribution in [0.2, 0.25) is 0 Å². The van der Waals surface area contributed by atoms with Crippen LogP contribution in [0.4, 0.5) is 0 Å². The van der Waals surface area contributed by atoms with Crippen LogP contribution >= 0.6 is 0 Å². The van der Waals surface area contributed by atoms with Crippen LogP contribution in [0.25, 0.3) is 0 Å². The molecule has 6 nitrogen and oxygen atoms in total. The van der Waals surface area contributed by atoms with Crippen LogP contribution < -0.4 is 9.47 Å². The van der Waals surface area contributed by atoms with E-state index >= 15 is 0 Å². The molecule has 6 heteroatoms. The SMILES string of the molecule is COc1ccc(OC)c(C(=O)N2CCN(C(C)=O)CC2)c1. The van der Waals surface area contributed by atoms with Gasteiger partial charge >= 0.3 is 0 Å². The maximum atomic E-state index is 12.6. The van der Waals surface area contributed by atoms with E-state index in [2.05, 4.69) is 0 Å². The molecule has 0 spiro atoms. The number of hydrogen-bond donors (Lipinski definition) is 0. The quantitative estimate of drug-likeness (QED) is 0.834. The van der Waals surface area contributed by atoms with Gasteiger partial charge in [0.15, 0.2) is 0 Å². The molecule has 0 saturated carbocycles. The second-order valence-electron chi connectivity index (χ2n) is 4.86. The molecule has 1 aromatic rings. The van der Waals surface area contributed by atoms with Crippen LogP contribution in [0, 0.1) is 0 Å². The van der Waals surface area contributed by atoms with Gasteiger partial charge in [-0.2, -0.15) is 0 Å². The molecule has 0 aromatic heterocycles. The number of piperazine rings is 1. The Labute approximate surface area is 124 Å². The van der Waals surface area contributed by atoms with Gasteiger partial charge in [-0.15, -0.1) is 0 Å². The van der Waals surface area contributed by atoms with E-state index < -0.39 is 0 Å². The van der Waals surface area contributed by atoms with Crippen molar-refractivity contribution in [3.05, 3.63) is 23.8 Å². The van der Waals surface area contributed by atoms with Crippen molar-refractivity contribution < 1.29 is 19.1 Å². The number of amides is 2. The standard InChI is InChI=1S/C15H20N2O4/c1-11(18)16-6-8-17(9-7-16)15(19)13-10-12(20-2)4-5-14(13)21-3/h4-5,10H,6-9H2,1-3H3. The van der Waals surface area contributed by atoms with E-state index in [1.165, 1.54) is 7.11 Å². The van der Waals surface area contributed by atoms with Crippen LogP contribution in [-0.2, 0) is 4.79 Å². The fraction of sp³-hybridized carbons (Fsp3) is 0.467. The molecule has 1 saturated heterocycles. The lowest BCUT2D eigenvalue weighted by molar-refractivity contribution is -0.130. The van der Waals surface area contributed by atoms with Crippen molar-refractivity contribution in [1.82, 2.24) is 9.80 Å². The van der Waals surface area contributed by atoms with Gasteiger partial charge in [0, 0.05) is 33.1 Å². The Morgan fingerprint density at radius 1 is 1.00 bits per heavy atom. The molecule has 0 atom stereocenters. The summed E-state index contributed by atoms with van der Waals surface area (Å²) in [5, 5.41) is 0. The highest BCUT2D eigenvalue weighted by Crippen LogP contribution is 2.25. The largest absolute Gasteiger partial charge is 0.497 e. The minimum atomic E-state index is -0.103. The van der Waals surface area contributed by atoms with Gasteiger partial charge in [0.05, 0.1) is 19.8 Å². The third kappa shape index (κ3) is 3.26. The number of carbonyl (C=O) groups is 2. The first-order chi connectivity index (χ1) is 10.1. The summed E-state index contributed by atoms with van der Waals surface area (Å²) in [4.78, 5) is 27.4. The Kier molecular flexibility index (Phi) is 4.67. The van der Waals surface area contributed by atoms with Gasteiger partial charge < -0.3 is 19.3 Å². The molecule has 0 radical (unpaired) electrons. The van der Waals surface area contributed by atoms with Crippen molar-refractivity contribution in [2.24, 2.45) is 0 Å². The van der Waals surface area contributed by atoms with E-state index in [-0.39, 0.29) is 11.8 Å². The number of hydrogen-bond acceptors (Lipinski definition) is 4. The van der Waals surface area contributed by atoms with Crippen LogP contribution in [0.3, 0.4) is 0 Å². The lowest BCUT2D eigenvalue weighted by Gasteiger charge is -2.34. The molecule has 1 aliphatic heterocycles. The highest BCUT2D eigenvalue weighted by molar-refractivity contribution is 5.97. The summed E-state index contributed by atoms with van der Waals surface area (Å²) in [6.07, 6.45) is 0. The summed E-state index contributed by atoms with van der Waals surface area (Å²) in [5.41, 5.74) is 0.480. The summed E-state index contributed by atoms with van der Waals surface area (Å²) in [7, 11) is 3.09. The maximum Gasteiger partial charge on any atom is 0.257 e.